The second-order valence-electron chi connectivity index (χ2n) is 4.21. The number of hydrogen-bond acceptors (Lipinski definition) is 4. The summed E-state index contributed by atoms with van der Waals surface area (Å²) in [4.78, 5) is 32.2. The summed E-state index contributed by atoms with van der Waals surface area (Å²) in [5.41, 5.74) is 0.633. The summed E-state index contributed by atoms with van der Waals surface area (Å²) in [5, 5.41) is 0. The second kappa shape index (κ2) is 7.53. The normalized spacial score (nSPS) is 10.0. The number of pyridine rings is 1. The molecule has 0 saturated carbocycles. The number of rotatable bonds is 4. The Balaban J connectivity index is 0.000000956. The fraction of sp³-hybridized carbons (Fsp3) is 0.467. The van der Waals surface area contributed by atoms with Gasteiger partial charge in [0.2, 0.25) is 0 Å². The highest BCUT2D eigenvalue weighted by Crippen LogP contribution is 2.05. The molecule has 20 heavy (non-hydrogen) atoms. The van der Waals surface area contributed by atoms with E-state index in [1.165, 1.54) is 4.57 Å². The van der Waals surface area contributed by atoms with Gasteiger partial charge in [-0.15, -0.1) is 0 Å². The highest BCUT2D eigenvalue weighted by atomic mass is 16.1. The van der Waals surface area contributed by atoms with Crippen molar-refractivity contribution in [3.05, 3.63) is 34.5 Å². The third-order valence-electron chi connectivity index (χ3n) is 2.77. The first-order valence-electron chi connectivity index (χ1n) is 6.97. The number of carbonyl (C=O) groups excluding carboxylic acids is 1. The van der Waals surface area contributed by atoms with E-state index in [4.69, 9.17) is 0 Å². The summed E-state index contributed by atoms with van der Waals surface area (Å²) in [6.07, 6.45) is 2.82. The predicted octanol–water partition coefficient (Wildman–Crippen LogP) is 2.50. The number of hydrogen-bond donors (Lipinski definition) is 0. The summed E-state index contributed by atoms with van der Waals surface area (Å²) in [7, 11) is 0. The molecule has 0 radical (unpaired) electrons. The second-order valence-corrected chi connectivity index (χ2v) is 4.21. The van der Waals surface area contributed by atoms with Crippen LogP contribution in [0.25, 0.3) is 11.0 Å². The van der Waals surface area contributed by atoms with Gasteiger partial charge in [0.1, 0.15) is 5.82 Å². The first-order valence-corrected chi connectivity index (χ1v) is 6.97. The van der Waals surface area contributed by atoms with Crippen LogP contribution in [0.15, 0.2) is 23.1 Å². The van der Waals surface area contributed by atoms with E-state index in [1.54, 1.807) is 25.3 Å². The molecular formula is C15H21N3O2. The molecular weight excluding hydrogens is 254 g/mol. The van der Waals surface area contributed by atoms with E-state index in [2.05, 4.69) is 9.97 Å². The average Bonchev–Trinajstić information content (AvgIpc) is 2.46. The van der Waals surface area contributed by atoms with Gasteiger partial charge in [0, 0.05) is 12.6 Å². The maximum atomic E-state index is 12.2. The maximum Gasteiger partial charge on any atom is 0.280 e. The monoisotopic (exact) mass is 275 g/mol. The Morgan fingerprint density at radius 2 is 2.05 bits per heavy atom. The van der Waals surface area contributed by atoms with Gasteiger partial charge in [0.25, 0.3) is 5.56 Å². The fourth-order valence-corrected chi connectivity index (χ4v) is 1.88. The smallest absolute Gasteiger partial charge is 0.280 e. The molecule has 2 heterocycles. The van der Waals surface area contributed by atoms with Gasteiger partial charge in [-0.1, -0.05) is 20.8 Å². The number of aryl methyl sites for hydroxylation is 1. The average molecular weight is 275 g/mol. The van der Waals surface area contributed by atoms with Crippen LogP contribution in [-0.2, 0) is 11.3 Å². The van der Waals surface area contributed by atoms with E-state index >= 15 is 0 Å². The van der Waals surface area contributed by atoms with E-state index in [0.717, 1.165) is 6.42 Å². The summed E-state index contributed by atoms with van der Waals surface area (Å²) >= 11 is 0. The molecule has 108 valence electrons. The van der Waals surface area contributed by atoms with Gasteiger partial charge in [0.15, 0.2) is 11.3 Å². The van der Waals surface area contributed by atoms with E-state index in [0.29, 0.717) is 23.3 Å². The minimum Gasteiger partial charge on any atom is -0.298 e. The van der Waals surface area contributed by atoms with Crippen molar-refractivity contribution < 1.29 is 4.79 Å². The Morgan fingerprint density at radius 1 is 1.35 bits per heavy atom. The van der Waals surface area contributed by atoms with Crippen molar-refractivity contribution >= 4 is 16.8 Å². The van der Waals surface area contributed by atoms with E-state index < -0.39 is 0 Å². The summed E-state index contributed by atoms with van der Waals surface area (Å²) in [6, 6.07) is 3.48. The molecule has 0 aliphatic rings. The first kappa shape index (κ1) is 16.0. The Hall–Kier alpha value is -2.04. The van der Waals surface area contributed by atoms with Gasteiger partial charge in [0.05, 0.1) is 12.1 Å². The van der Waals surface area contributed by atoms with Crippen LogP contribution in [0.5, 0.6) is 0 Å². The Labute approximate surface area is 118 Å². The number of nitrogens with zero attached hydrogens (tertiary/aromatic N) is 3. The zero-order valence-corrected chi connectivity index (χ0v) is 12.5. The zero-order chi connectivity index (χ0) is 15.1. The molecule has 0 unspecified atom stereocenters. The van der Waals surface area contributed by atoms with Gasteiger partial charge >= 0.3 is 0 Å². The molecule has 0 N–H and O–H groups in total. The molecule has 2 rings (SSSR count). The number of fused-ring (bicyclic) bond motifs is 1. The highest BCUT2D eigenvalue weighted by molar-refractivity contribution is 5.79. The van der Waals surface area contributed by atoms with E-state index in [-0.39, 0.29) is 17.9 Å². The molecule has 0 aliphatic heterocycles. The van der Waals surface area contributed by atoms with Crippen LogP contribution in [-0.4, -0.2) is 20.3 Å². The molecule has 5 nitrogen and oxygen atoms in total. The van der Waals surface area contributed by atoms with Crippen LogP contribution in [0.1, 0.15) is 39.4 Å². The molecule has 0 fully saturated rings. The third-order valence-corrected chi connectivity index (χ3v) is 2.77. The predicted molar refractivity (Wildman–Crippen MR) is 79.8 cm³/mol. The van der Waals surface area contributed by atoms with Gasteiger partial charge < -0.3 is 0 Å². The fourth-order valence-electron chi connectivity index (χ4n) is 1.88. The van der Waals surface area contributed by atoms with Crippen LogP contribution < -0.4 is 5.56 Å². The molecule has 0 bridgehead atoms. The van der Waals surface area contributed by atoms with Crippen molar-refractivity contribution in [2.75, 3.05) is 0 Å². The zero-order valence-electron chi connectivity index (χ0n) is 12.5. The van der Waals surface area contributed by atoms with Crippen molar-refractivity contribution in [1.82, 2.24) is 14.5 Å². The Bertz CT molecular complexity index is 647. The molecule has 0 aromatic carbocycles. The lowest BCUT2D eigenvalue weighted by molar-refractivity contribution is -0.119. The quantitative estimate of drug-likeness (QED) is 0.860. The molecule has 0 aliphatic carbocycles. The first-order chi connectivity index (χ1) is 9.63. The molecule has 2 aromatic rings. The minimum absolute atomic E-state index is 0.0415. The lowest BCUT2D eigenvalue weighted by Gasteiger charge is -2.09. The molecule has 0 spiro atoms. The number of Topliss-reactive ketones (excluding diaryl/α,β-unsaturated/α-hetero) is 1. The van der Waals surface area contributed by atoms with Crippen LogP contribution in [0.3, 0.4) is 0 Å². The van der Waals surface area contributed by atoms with Crippen LogP contribution in [0, 0.1) is 6.92 Å². The van der Waals surface area contributed by atoms with Crippen LogP contribution in [0.4, 0.5) is 0 Å². The standard InChI is InChI=1S/C13H15N3O2.C2H6/c1-3-5-10(17)8-16-9(2)15-11-6-4-7-14-12(11)13(16)18;1-2/h4,6-7H,3,5,8H2,1-2H3;1-2H3. The van der Waals surface area contributed by atoms with Crippen LogP contribution >= 0.6 is 0 Å². The third kappa shape index (κ3) is 3.50. The Morgan fingerprint density at radius 3 is 2.70 bits per heavy atom. The molecule has 0 amide bonds. The van der Waals surface area contributed by atoms with Gasteiger partial charge in [-0.25, -0.2) is 9.97 Å². The van der Waals surface area contributed by atoms with Crippen molar-refractivity contribution in [2.45, 2.75) is 47.1 Å². The Kier molecular flexibility index (Phi) is 6.03. The van der Waals surface area contributed by atoms with Gasteiger partial charge in [-0.3, -0.25) is 14.2 Å². The van der Waals surface area contributed by atoms with Gasteiger partial charge in [-0.2, -0.15) is 0 Å². The highest BCUT2D eigenvalue weighted by Gasteiger charge is 2.11. The van der Waals surface area contributed by atoms with Crippen molar-refractivity contribution in [3.8, 4) is 0 Å². The largest absolute Gasteiger partial charge is 0.298 e. The topological polar surface area (TPSA) is 64.8 Å². The summed E-state index contributed by atoms with van der Waals surface area (Å²) in [5.74, 6) is 0.588. The van der Waals surface area contributed by atoms with Crippen LogP contribution in [0.2, 0.25) is 0 Å². The van der Waals surface area contributed by atoms with E-state index in [1.807, 2.05) is 20.8 Å². The number of ketones is 1. The molecule has 2 aromatic heterocycles. The molecule has 0 saturated heterocycles. The van der Waals surface area contributed by atoms with Gasteiger partial charge in [-0.05, 0) is 25.5 Å². The summed E-state index contributed by atoms with van der Waals surface area (Å²) in [6.45, 7) is 7.75. The van der Waals surface area contributed by atoms with Crippen molar-refractivity contribution in [2.24, 2.45) is 0 Å². The lowest BCUT2D eigenvalue weighted by Crippen LogP contribution is -2.27. The maximum absolute atomic E-state index is 12.2. The summed E-state index contributed by atoms with van der Waals surface area (Å²) < 4.78 is 1.40. The van der Waals surface area contributed by atoms with E-state index in [9.17, 15) is 9.59 Å². The SMILES string of the molecule is CC.CCCC(=O)Cn1c(C)nc2cccnc2c1=O. The van der Waals surface area contributed by atoms with Crippen molar-refractivity contribution in [1.29, 1.82) is 0 Å². The minimum atomic E-state index is -0.248. The van der Waals surface area contributed by atoms with Crippen molar-refractivity contribution in [3.63, 3.8) is 0 Å². The molecule has 0 atom stereocenters. The number of aromatic nitrogens is 3. The number of carbonyl (C=O) groups is 1. The molecule has 5 heteroatoms. The lowest BCUT2D eigenvalue weighted by atomic mass is 10.2.